The van der Waals surface area contributed by atoms with Crippen LogP contribution < -0.4 is 0 Å². The second kappa shape index (κ2) is 4.33. The Kier molecular flexibility index (Phi) is 3.30. The number of thiophene rings is 1. The van der Waals surface area contributed by atoms with E-state index in [4.69, 9.17) is 0 Å². The SMILES string of the molecule is CC1CC1CN(C)Cc1sccc1Br. The molecule has 1 heterocycles. The van der Waals surface area contributed by atoms with Crippen LogP contribution in [0.4, 0.5) is 0 Å². The molecule has 1 aliphatic carbocycles. The van der Waals surface area contributed by atoms with Gasteiger partial charge < -0.3 is 4.90 Å². The maximum Gasteiger partial charge on any atom is 0.0336 e. The lowest BCUT2D eigenvalue weighted by Gasteiger charge is -2.15. The first-order valence-corrected chi connectivity index (χ1v) is 6.74. The van der Waals surface area contributed by atoms with E-state index in [1.807, 2.05) is 11.3 Å². The van der Waals surface area contributed by atoms with Crippen molar-refractivity contribution in [3.63, 3.8) is 0 Å². The van der Waals surface area contributed by atoms with Crippen LogP contribution >= 0.6 is 27.3 Å². The standard InChI is InChI=1S/C11H16BrNS/c1-8-5-9(8)6-13(2)7-11-10(12)3-4-14-11/h3-4,8-9H,5-7H2,1-2H3. The lowest BCUT2D eigenvalue weighted by Crippen LogP contribution is -2.20. The molecular formula is C11H16BrNS. The molecule has 3 heteroatoms. The summed E-state index contributed by atoms with van der Waals surface area (Å²) in [6.45, 7) is 4.69. The Morgan fingerprint density at radius 3 is 2.86 bits per heavy atom. The number of rotatable bonds is 4. The number of halogens is 1. The molecule has 1 saturated carbocycles. The van der Waals surface area contributed by atoms with E-state index in [9.17, 15) is 0 Å². The summed E-state index contributed by atoms with van der Waals surface area (Å²) in [5.74, 6) is 1.92. The van der Waals surface area contributed by atoms with Crippen molar-refractivity contribution in [2.75, 3.05) is 13.6 Å². The fourth-order valence-corrected chi connectivity index (χ4v) is 3.36. The molecule has 78 valence electrons. The summed E-state index contributed by atoms with van der Waals surface area (Å²) in [7, 11) is 2.22. The normalized spacial score (nSPS) is 25.7. The minimum Gasteiger partial charge on any atom is -0.301 e. The van der Waals surface area contributed by atoms with E-state index in [0.717, 1.165) is 18.4 Å². The number of hydrogen-bond donors (Lipinski definition) is 0. The van der Waals surface area contributed by atoms with E-state index in [0.29, 0.717) is 0 Å². The zero-order chi connectivity index (χ0) is 10.1. The van der Waals surface area contributed by atoms with Crippen molar-refractivity contribution in [1.82, 2.24) is 4.90 Å². The third-order valence-electron chi connectivity index (χ3n) is 2.93. The molecule has 0 aliphatic heterocycles. The van der Waals surface area contributed by atoms with Crippen LogP contribution in [0.2, 0.25) is 0 Å². The molecule has 0 saturated heterocycles. The second-order valence-electron chi connectivity index (χ2n) is 4.36. The fraction of sp³-hybridized carbons (Fsp3) is 0.636. The van der Waals surface area contributed by atoms with E-state index in [2.05, 4.69) is 46.2 Å². The zero-order valence-corrected chi connectivity index (χ0v) is 11.1. The van der Waals surface area contributed by atoms with E-state index >= 15 is 0 Å². The van der Waals surface area contributed by atoms with Gasteiger partial charge in [0.25, 0.3) is 0 Å². The monoisotopic (exact) mass is 273 g/mol. The lowest BCUT2D eigenvalue weighted by molar-refractivity contribution is 0.309. The van der Waals surface area contributed by atoms with Gasteiger partial charge in [0.2, 0.25) is 0 Å². The molecule has 0 N–H and O–H groups in total. The Labute approximate surface area is 98.2 Å². The highest BCUT2D eigenvalue weighted by atomic mass is 79.9. The van der Waals surface area contributed by atoms with Gasteiger partial charge in [-0.05, 0) is 52.7 Å². The highest BCUT2D eigenvalue weighted by Crippen LogP contribution is 2.38. The van der Waals surface area contributed by atoms with Crippen molar-refractivity contribution in [2.24, 2.45) is 11.8 Å². The minimum atomic E-state index is 0.957. The molecule has 0 radical (unpaired) electrons. The van der Waals surface area contributed by atoms with Crippen LogP contribution in [0.15, 0.2) is 15.9 Å². The first-order valence-electron chi connectivity index (χ1n) is 5.07. The van der Waals surface area contributed by atoms with Crippen LogP contribution in [0.1, 0.15) is 18.2 Å². The third kappa shape index (κ3) is 2.59. The molecule has 0 spiro atoms. The van der Waals surface area contributed by atoms with Gasteiger partial charge in [-0.1, -0.05) is 6.92 Å². The van der Waals surface area contributed by atoms with Gasteiger partial charge >= 0.3 is 0 Å². The van der Waals surface area contributed by atoms with Crippen LogP contribution in [-0.2, 0) is 6.54 Å². The van der Waals surface area contributed by atoms with Crippen molar-refractivity contribution in [3.05, 3.63) is 20.8 Å². The second-order valence-corrected chi connectivity index (χ2v) is 6.22. The van der Waals surface area contributed by atoms with Crippen molar-refractivity contribution in [1.29, 1.82) is 0 Å². The summed E-state index contributed by atoms with van der Waals surface area (Å²) < 4.78 is 1.26. The molecule has 2 atom stereocenters. The summed E-state index contributed by atoms with van der Waals surface area (Å²) in [6, 6.07) is 2.13. The Bertz CT molecular complexity index is 310. The van der Waals surface area contributed by atoms with Gasteiger partial charge in [-0.2, -0.15) is 0 Å². The average molecular weight is 274 g/mol. The van der Waals surface area contributed by atoms with Gasteiger partial charge in [-0.25, -0.2) is 0 Å². The van der Waals surface area contributed by atoms with Crippen molar-refractivity contribution in [3.8, 4) is 0 Å². The van der Waals surface area contributed by atoms with Crippen LogP contribution in [-0.4, -0.2) is 18.5 Å². The van der Waals surface area contributed by atoms with Gasteiger partial charge in [-0.3, -0.25) is 0 Å². The maximum absolute atomic E-state index is 3.57. The van der Waals surface area contributed by atoms with E-state index < -0.39 is 0 Å². The van der Waals surface area contributed by atoms with E-state index in [1.165, 1.54) is 22.3 Å². The summed E-state index contributed by atoms with van der Waals surface area (Å²) >= 11 is 5.41. The van der Waals surface area contributed by atoms with Gasteiger partial charge in [-0.15, -0.1) is 11.3 Å². The molecule has 2 unspecified atom stereocenters. The fourth-order valence-electron chi connectivity index (χ4n) is 1.80. The molecule has 1 aromatic rings. The quantitative estimate of drug-likeness (QED) is 0.811. The zero-order valence-electron chi connectivity index (χ0n) is 8.66. The van der Waals surface area contributed by atoms with E-state index in [-0.39, 0.29) is 0 Å². The van der Waals surface area contributed by atoms with Gasteiger partial charge in [0.05, 0.1) is 0 Å². The number of nitrogens with zero attached hydrogens (tertiary/aromatic N) is 1. The predicted octanol–water partition coefficient (Wildman–Crippen LogP) is 3.60. The van der Waals surface area contributed by atoms with Gasteiger partial charge in [0.1, 0.15) is 0 Å². The molecule has 0 amide bonds. The van der Waals surface area contributed by atoms with Crippen LogP contribution in [0.25, 0.3) is 0 Å². The Morgan fingerprint density at radius 2 is 2.36 bits per heavy atom. The largest absolute Gasteiger partial charge is 0.301 e. The Hall–Kier alpha value is 0.140. The first-order chi connectivity index (χ1) is 6.66. The molecular weight excluding hydrogens is 258 g/mol. The van der Waals surface area contributed by atoms with Crippen molar-refractivity contribution >= 4 is 27.3 Å². The summed E-state index contributed by atoms with van der Waals surface area (Å²) in [4.78, 5) is 3.88. The first kappa shape index (κ1) is 10.7. The highest BCUT2D eigenvalue weighted by molar-refractivity contribution is 9.10. The lowest BCUT2D eigenvalue weighted by atomic mass is 10.3. The predicted molar refractivity (Wildman–Crippen MR) is 65.6 cm³/mol. The molecule has 2 rings (SSSR count). The smallest absolute Gasteiger partial charge is 0.0336 e. The van der Waals surface area contributed by atoms with Gasteiger partial charge in [0.15, 0.2) is 0 Å². The summed E-state index contributed by atoms with van der Waals surface area (Å²) in [5, 5.41) is 2.15. The minimum absolute atomic E-state index is 0.957. The topological polar surface area (TPSA) is 3.24 Å². The van der Waals surface area contributed by atoms with Crippen LogP contribution in [0.5, 0.6) is 0 Å². The molecule has 14 heavy (non-hydrogen) atoms. The van der Waals surface area contributed by atoms with Crippen molar-refractivity contribution < 1.29 is 0 Å². The molecule has 0 bridgehead atoms. The summed E-state index contributed by atoms with van der Waals surface area (Å²) in [5.41, 5.74) is 0. The molecule has 1 aromatic heterocycles. The molecule has 1 nitrogen and oxygen atoms in total. The molecule has 0 aromatic carbocycles. The number of hydrogen-bond acceptors (Lipinski definition) is 2. The molecule has 1 aliphatic rings. The van der Waals surface area contributed by atoms with Crippen LogP contribution in [0, 0.1) is 11.8 Å². The Morgan fingerprint density at radius 1 is 1.64 bits per heavy atom. The van der Waals surface area contributed by atoms with Gasteiger partial charge in [0, 0.05) is 22.4 Å². The molecule has 1 fully saturated rings. The van der Waals surface area contributed by atoms with Crippen LogP contribution in [0.3, 0.4) is 0 Å². The summed E-state index contributed by atoms with van der Waals surface area (Å²) in [6.07, 6.45) is 1.43. The maximum atomic E-state index is 3.57. The third-order valence-corrected chi connectivity index (χ3v) is 4.84. The van der Waals surface area contributed by atoms with Crippen molar-refractivity contribution in [2.45, 2.75) is 19.9 Å². The average Bonchev–Trinajstić information content (AvgIpc) is 2.63. The highest BCUT2D eigenvalue weighted by Gasteiger charge is 2.33. The Balaban J connectivity index is 1.82. The van der Waals surface area contributed by atoms with E-state index in [1.54, 1.807) is 0 Å².